The van der Waals surface area contributed by atoms with Gasteiger partial charge in [-0.05, 0) is 17.7 Å². The Morgan fingerprint density at radius 2 is 2.07 bits per heavy atom. The summed E-state index contributed by atoms with van der Waals surface area (Å²) in [6.45, 7) is 3.03. The van der Waals surface area contributed by atoms with Crippen molar-refractivity contribution < 1.29 is 14.3 Å². The number of carbonyl (C=O) groups excluding carboxylic acids is 2. The molecule has 15 heavy (non-hydrogen) atoms. The molecule has 0 aliphatic carbocycles. The van der Waals surface area contributed by atoms with Gasteiger partial charge in [0, 0.05) is 19.5 Å². The summed E-state index contributed by atoms with van der Waals surface area (Å²) in [5.74, 6) is -0.445. The third-order valence-corrected chi connectivity index (χ3v) is 1.69. The van der Waals surface area contributed by atoms with Gasteiger partial charge < -0.3 is 10.1 Å². The fraction of sp³-hybridized carbons (Fsp3) is 0.273. The number of benzene rings is 1. The second kappa shape index (κ2) is 5.14. The molecule has 0 unspecified atom stereocenters. The average Bonchev–Trinajstić information content (AvgIpc) is 2.14. The zero-order valence-electron chi connectivity index (χ0n) is 8.74. The number of amides is 1. The minimum atomic E-state index is -0.320. The van der Waals surface area contributed by atoms with Crippen molar-refractivity contribution >= 4 is 17.6 Å². The van der Waals surface area contributed by atoms with Gasteiger partial charge in [0.2, 0.25) is 5.91 Å². The molecule has 0 radical (unpaired) electrons. The van der Waals surface area contributed by atoms with E-state index in [0.717, 1.165) is 5.56 Å². The molecule has 0 aromatic heterocycles. The minimum Gasteiger partial charge on any atom is -0.461 e. The van der Waals surface area contributed by atoms with Crippen LogP contribution in [0.25, 0.3) is 0 Å². The molecule has 0 saturated heterocycles. The van der Waals surface area contributed by atoms with Gasteiger partial charge in [-0.2, -0.15) is 0 Å². The van der Waals surface area contributed by atoms with Crippen molar-refractivity contribution in [3.63, 3.8) is 0 Å². The standard InChI is InChI=1S/C11H13NO3/c1-8(13)12-11-5-3-4-10(6-11)7-15-9(2)14/h3-6H,7H2,1-2H3,(H,12,13). The molecule has 0 saturated carbocycles. The van der Waals surface area contributed by atoms with Crippen LogP contribution < -0.4 is 5.32 Å². The first kappa shape index (κ1) is 11.2. The van der Waals surface area contributed by atoms with Crippen molar-refractivity contribution in [2.24, 2.45) is 0 Å². The normalized spacial score (nSPS) is 9.47. The van der Waals surface area contributed by atoms with Crippen LogP contribution in [0.1, 0.15) is 19.4 Å². The molecule has 1 aromatic carbocycles. The van der Waals surface area contributed by atoms with Crippen LogP contribution in [-0.2, 0) is 20.9 Å². The molecule has 4 nitrogen and oxygen atoms in total. The first-order valence-electron chi connectivity index (χ1n) is 4.58. The van der Waals surface area contributed by atoms with Crippen molar-refractivity contribution in [2.75, 3.05) is 5.32 Å². The summed E-state index contributed by atoms with van der Waals surface area (Å²) in [5.41, 5.74) is 1.55. The van der Waals surface area contributed by atoms with E-state index >= 15 is 0 Å². The molecule has 0 aliphatic heterocycles. The minimum absolute atomic E-state index is 0.125. The second-order valence-corrected chi connectivity index (χ2v) is 3.16. The molecular formula is C11H13NO3. The Kier molecular flexibility index (Phi) is 3.85. The van der Waals surface area contributed by atoms with Crippen LogP contribution in [0.3, 0.4) is 0 Å². The van der Waals surface area contributed by atoms with Gasteiger partial charge >= 0.3 is 5.97 Å². The van der Waals surface area contributed by atoms with E-state index in [1.54, 1.807) is 18.2 Å². The van der Waals surface area contributed by atoms with Crippen molar-refractivity contribution in [1.29, 1.82) is 0 Å². The Morgan fingerprint density at radius 1 is 1.33 bits per heavy atom. The highest BCUT2D eigenvalue weighted by Crippen LogP contribution is 2.11. The lowest BCUT2D eigenvalue weighted by Gasteiger charge is -2.05. The lowest BCUT2D eigenvalue weighted by atomic mass is 10.2. The monoisotopic (exact) mass is 207 g/mol. The van der Waals surface area contributed by atoms with Crippen molar-refractivity contribution in [3.05, 3.63) is 29.8 Å². The van der Waals surface area contributed by atoms with Gasteiger partial charge in [-0.25, -0.2) is 0 Å². The Bertz CT molecular complexity index is 374. The smallest absolute Gasteiger partial charge is 0.302 e. The average molecular weight is 207 g/mol. The molecule has 0 bridgehead atoms. The van der Waals surface area contributed by atoms with Gasteiger partial charge in [0.05, 0.1) is 0 Å². The van der Waals surface area contributed by atoms with Gasteiger partial charge in [0.1, 0.15) is 6.61 Å². The molecular weight excluding hydrogens is 194 g/mol. The zero-order valence-corrected chi connectivity index (χ0v) is 8.74. The molecule has 4 heteroatoms. The van der Waals surface area contributed by atoms with Crippen LogP contribution in [0.4, 0.5) is 5.69 Å². The summed E-state index contributed by atoms with van der Waals surface area (Å²) in [4.78, 5) is 21.4. The largest absolute Gasteiger partial charge is 0.461 e. The maximum Gasteiger partial charge on any atom is 0.302 e. The Hall–Kier alpha value is -1.84. The van der Waals surface area contributed by atoms with E-state index in [1.807, 2.05) is 6.07 Å². The lowest BCUT2D eigenvalue weighted by molar-refractivity contribution is -0.142. The number of anilines is 1. The van der Waals surface area contributed by atoms with Crippen molar-refractivity contribution in [3.8, 4) is 0 Å². The Morgan fingerprint density at radius 3 is 2.67 bits per heavy atom. The summed E-state index contributed by atoms with van der Waals surface area (Å²) < 4.78 is 4.84. The summed E-state index contributed by atoms with van der Waals surface area (Å²) in [7, 11) is 0. The van der Waals surface area contributed by atoms with E-state index in [1.165, 1.54) is 13.8 Å². The quantitative estimate of drug-likeness (QED) is 0.767. The third kappa shape index (κ3) is 4.26. The van der Waals surface area contributed by atoms with Crippen molar-refractivity contribution in [1.82, 2.24) is 0 Å². The van der Waals surface area contributed by atoms with Crippen LogP contribution >= 0.6 is 0 Å². The predicted molar refractivity (Wildman–Crippen MR) is 56.2 cm³/mol. The van der Waals surface area contributed by atoms with Gasteiger partial charge in [0.25, 0.3) is 0 Å². The summed E-state index contributed by atoms with van der Waals surface area (Å²) in [6.07, 6.45) is 0. The van der Waals surface area contributed by atoms with Gasteiger partial charge in [0.15, 0.2) is 0 Å². The molecule has 0 atom stereocenters. The first-order chi connectivity index (χ1) is 7.08. The van der Waals surface area contributed by atoms with Gasteiger partial charge in [-0.3, -0.25) is 9.59 Å². The lowest BCUT2D eigenvalue weighted by Crippen LogP contribution is -2.06. The van der Waals surface area contributed by atoms with Crippen LogP contribution in [-0.4, -0.2) is 11.9 Å². The third-order valence-electron chi connectivity index (χ3n) is 1.69. The number of hydrogen-bond donors (Lipinski definition) is 1. The van der Waals surface area contributed by atoms with Gasteiger partial charge in [-0.15, -0.1) is 0 Å². The molecule has 1 rings (SSSR count). The number of rotatable bonds is 3. The van der Waals surface area contributed by atoms with E-state index < -0.39 is 0 Å². The second-order valence-electron chi connectivity index (χ2n) is 3.16. The Labute approximate surface area is 88.2 Å². The Balaban J connectivity index is 2.65. The fourth-order valence-electron chi connectivity index (χ4n) is 1.13. The molecule has 80 valence electrons. The molecule has 1 N–H and O–H groups in total. The molecule has 0 aliphatic rings. The number of ether oxygens (including phenoxy) is 1. The van der Waals surface area contributed by atoms with Gasteiger partial charge in [-0.1, -0.05) is 12.1 Å². The van der Waals surface area contributed by atoms with Crippen LogP contribution in [0.5, 0.6) is 0 Å². The van der Waals surface area contributed by atoms with E-state index in [0.29, 0.717) is 5.69 Å². The van der Waals surface area contributed by atoms with E-state index in [9.17, 15) is 9.59 Å². The number of hydrogen-bond acceptors (Lipinski definition) is 3. The van der Waals surface area contributed by atoms with Crippen LogP contribution in [0.2, 0.25) is 0 Å². The zero-order chi connectivity index (χ0) is 11.3. The molecule has 0 fully saturated rings. The predicted octanol–water partition coefficient (Wildman–Crippen LogP) is 1.71. The number of esters is 1. The topological polar surface area (TPSA) is 55.4 Å². The van der Waals surface area contributed by atoms with E-state index in [-0.39, 0.29) is 18.5 Å². The fourth-order valence-corrected chi connectivity index (χ4v) is 1.13. The van der Waals surface area contributed by atoms with Crippen LogP contribution in [0, 0.1) is 0 Å². The maximum atomic E-state index is 10.8. The molecule has 0 spiro atoms. The highest BCUT2D eigenvalue weighted by atomic mass is 16.5. The summed E-state index contributed by atoms with van der Waals surface area (Å²) in [5, 5.41) is 2.65. The highest BCUT2D eigenvalue weighted by Gasteiger charge is 1.99. The first-order valence-corrected chi connectivity index (χ1v) is 4.58. The molecule has 1 amide bonds. The van der Waals surface area contributed by atoms with Crippen molar-refractivity contribution in [2.45, 2.75) is 20.5 Å². The summed E-state index contributed by atoms with van der Waals surface area (Å²) >= 11 is 0. The molecule has 1 aromatic rings. The number of nitrogens with one attached hydrogen (secondary N) is 1. The SMILES string of the molecule is CC(=O)Nc1cccc(COC(C)=O)c1. The molecule has 0 heterocycles. The maximum absolute atomic E-state index is 10.8. The van der Waals surface area contributed by atoms with Crippen LogP contribution in [0.15, 0.2) is 24.3 Å². The highest BCUT2D eigenvalue weighted by molar-refractivity contribution is 5.88. The van der Waals surface area contributed by atoms with E-state index in [4.69, 9.17) is 4.74 Å². The van der Waals surface area contributed by atoms with E-state index in [2.05, 4.69) is 5.32 Å². The summed E-state index contributed by atoms with van der Waals surface area (Å²) in [6, 6.07) is 7.17. The number of carbonyl (C=O) groups is 2.